The Labute approximate surface area is 175 Å². The van der Waals surface area contributed by atoms with Gasteiger partial charge < -0.3 is 10.2 Å². The van der Waals surface area contributed by atoms with Crippen LogP contribution in [0.3, 0.4) is 0 Å². The van der Waals surface area contributed by atoms with Gasteiger partial charge in [-0.3, -0.25) is 9.59 Å². The number of nitrogens with zero attached hydrogens (tertiary/aromatic N) is 1. The number of hydrogen-bond donors (Lipinski definition) is 1. The van der Waals surface area contributed by atoms with Crippen LogP contribution in [-0.2, 0) is 9.84 Å². The van der Waals surface area contributed by atoms with Crippen LogP contribution in [0.15, 0.2) is 59.5 Å². The molecule has 0 bridgehead atoms. The van der Waals surface area contributed by atoms with Crippen LogP contribution < -0.4 is 10.2 Å². The molecule has 1 heterocycles. The van der Waals surface area contributed by atoms with Gasteiger partial charge in [-0.05, 0) is 48.9 Å². The maximum absolute atomic E-state index is 12.8. The molecule has 1 N–H and O–H groups in total. The first-order chi connectivity index (χ1) is 14.3. The number of nitrogens with one attached hydrogen (secondary N) is 1. The average Bonchev–Trinajstić information content (AvgIpc) is 3.00. The summed E-state index contributed by atoms with van der Waals surface area (Å²) in [4.78, 5) is 27.5. The fourth-order valence-corrected chi connectivity index (χ4v) is 4.37. The molecule has 1 aliphatic rings. The molecule has 1 aliphatic heterocycles. The van der Waals surface area contributed by atoms with Crippen LogP contribution in [-0.4, -0.2) is 33.0 Å². The second-order valence-electron chi connectivity index (χ2n) is 7.42. The van der Waals surface area contributed by atoms with Gasteiger partial charge in [-0.2, -0.15) is 0 Å². The van der Waals surface area contributed by atoms with Crippen LogP contribution in [0.4, 0.5) is 11.4 Å². The predicted molar refractivity (Wildman–Crippen MR) is 118 cm³/mol. The topological polar surface area (TPSA) is 83.6 Å². The Balaban J connectivity index is 1.68. The minimum absolute atomic E-state index is 0.0103. The number of anilines is 2. The van der Waals surface area contributed by atoms with E-state index >= 15 is 0 Å². The van der Waals surface area contributed by atoms with Gasteiger partial charge in [0, 0.05) is 40.4 Å². The first kappa shape index (κ1) is 20.1. The van der Waals surface area contributed by atoms with Gasteiger partial charge in [0.25, 0.3) is 11.8 Å². The summed E-state index contributed by atoms with van der Waals surface area (Å²) >= 11 is 0. The first-order valence-corrected chi connectivity index (χ1v) is 11.7. The monoisotopic (exact) mass is 422 g/mol. The molecule has 0 radical (unpaired) electrons. The average molecular weight is 423 g/mol. The van der Waals surface area contributed by atoms with E-state index in [4.69, 9.17) is 0 Å². The van der Waals surface area contributed by atoms with Gasteiger partial charge in [0.05, 0.1) is 10.6 Å². The maximum atomic E-state index is 12.8. The summed E-state index contributed by atoms with van der Waals surface area (Å²) in [6, 6.07) is 15.0. The second kappa shape index (κ2) is 7.57. The fourth-order valence-electron chi connectivity index (χ4n) is 3.74. The second-order valence-corrected chi connectivity index (χ2v) is 9.44. The highest BCUT2D eigenvalue weighted by Crippen LogP contribution is 2.40. The van der Waals surface area contributed by atoms with Crippen LogP contribution >= 0.6 is 0 Å². The molecule has 0 saturated carbocycles. The zero-order chi connectivity index (χ0) is 21.5. The standard InChI is InChI=1S/C23H22N2O4S/c1-3-4-14-25-20-13-12-19(17-6-5-7-18(21(17)20)23(25)27)24-22(26)15-8-10-16(11-9-15)30(2,28)29/h5-13H,3-4,14H2,1-2H3,(H,24,26). The van der Waals surface area contributed by atoms with Crippen molar-refractivity contribution in [2.45, 2.75) is 24.7 Å². The van der Waals surface area contributed by atoms with Crippen molar-refractivity contribution >= 4 is 43.8 Å². The maximum Gasteiger partial charge on any atom is 0.258 e. The van der Waals surface area contributed by atoms with E-state index in [1.807, 2.05) is 30.3 Å². The lowest BCUT2D eigenvalue weighted by Gasteiger charge is -2.17. The summed E-state index contributed by atoms with van der Waals surface area (Å²) in [6.45, 7) is 2.75. The minimum Gasteiger partial charge on any atom is -0.321 e. The molecular weight excluding hydrogens is 400 g/mol. The van der Waals surface area contributed by atoms with Crippen molar-refractivity contribution < 1.29 is 18.0 Å². The molecule has 0 spiro atoms. The number of sulfone groups is 1. The van der Waals surface area contributed by atoms with Crippen molar-refractivity contribution in [2.75, 3.05) is 23.0 Å². The Bertz CT molecular complexity index is 1260. The van der Waals surface area contributed by atoms with Crippen molar-refractivity contribution in [1.29, 1.82) is 0 Å². The largest absolute Gasteiger partial charge is 0.321 e. The number of benzene rings is 3. The molecule has 0 aliphatic carbocycles. The van der Waals surface area contributed by atoms with Crippen LogP contribution in [0.2, 0.25) is 0 Å². The Morgan fingerprint density at radius 2 is 1.77 bits per heavy atom. The molecule has 154 valence electrons. The Morgan fingerprint density at radius 3 is 2.43 bits per heavy atom. The number of unbranched alkanes of at least 4 members (excludes halogenated alkanes) is 1. The lowest BCUT2D eigenvalue weighted by atomic mass is 10.0. The van der Waals surface area contributed by atoms with E-state index in [1.54, 1.807) is 4.90 Å². The van der Waals surface area contributed by atoms with Gasteiger partial charge >= 0.3 is 0 Å². The zero-order valence-electron chi connectivity index (χ0n) is 16.8. The molecule has 3 aromatic carbocycles. The third-order valence-electron chi connectivity index (χ3n) is 5.31. The highest BCUT2D eigenvalue weighted by Gasteiger charge is 2.30. The van der Waals surface area contributed by atoms with Gasteiger partial charge in [-0.15, -0.1) is 0 Å². The summed E-state index contributed by atoms with van der Waals surface area (Å²) in [5.41, 5.74) is 2.48. The van der Waals surface area contributed by atoms with E-state index in [-0.39, 0.29) is 16.7 Å². The van der Waals surface area contributed by atoms with E-state index in [2.05, 4.69) is 12.2 Å². The van der Waals surface area contributed by atoms with Crippen molar-refractivity contribution in [1.82, 2.24) is 0 Å². The molecular formula is C23H22N2O4S. The third-order valence-corrected chi connectivity index (χ3v) is 6.44. The normalized spacial score (nSPS) is 13.1. The molecule has 0 unspecified atom stereocenters. The predicted octanol–water partition coefficient (Wildman–Crippen LogP) is 4.26. The Hall–Kier alpha value is -3.19. The summed E-state index contributed by atoms with van der Waals surface area (Å²) in [7, 11) is -3.32. The molecule has 4 rings (SSSR count). The van der Waals surface area contributed by atoms with Gasteiger partial charge in [-0.1, -0.05) is 25.5 Å². The molecule has 30 heavy (non-hydrogen) atoms. The molecule has 7 heteroatoms. The van der Waals surface area contributed by atoms with Crippen LogP contribution in [0.25, 0.3) is 10.8 Å². The molecule has 2 amide bonds. The zero-order valence-corrected chi connectivity index (χ0v) is 17.6. The minimum atomic E-state index is -3.32. The summed E-state index contributed by atoms with van der Waals surface area (Å²) in [5, 5.41) is 4.55. The van der Waals surface area contributed by atoms with Crippen LogP contribution in [0, 0.1) is 0 Å². The van der Waals surface area contributed by atoms with Crippen molar-refractivity contribution in [2.24, 2.45) is 0 Å². The van der Waals surface area contributed by atoms with E-state index in [9.17, 15) is 18.0 Å². The summed E-state index contributed by atoms with van der Waals surface area (Å²) < 4.78 is 23.2. The van der Waals surface area contributed by atoms with Gasteiger partial charge in [-0.25, -0.2) is 8.42 Å². The van der Waals surface area contributed by atoms with Gasteiger partial charge in [0.2, 0.25) is 0 Å². The molecule has 3 aromatic rings. The van der Waals surface area contributed by atoms with Gasteiger partial charge in [0.15, 0.2) is 9.84 Å². The van der Waals surface area contributed by atoms with E-state index < -0.39 is 9.84 Å². The quantitative estimate of drug-likeness (QED) is 0.643. The lowest BCUT2D eigenvalue weighted by Crippen LogP contribution is -2.27. The number of carbonyl (C=O) groups is 2. The molecule has 0 aromatic heterocycles. The van der Waals surface area contributed by atoms with E-state index in [0.717, 1.165) is 35.6 Å². The summed E-state index contributed by atoms with van der Waals surface area (Å²) in [6.07, 6.45) is 3.04. The number of amides is 2. The molecule has 0 fully saturated rings. The third kappa shape index (κ3) is 3.45. The van der Waals surface area contributed by atoms with E-state index in [1.165, 1.54) is 24.3 Å². The SMILES string of the molecule is CCCCN1C(=O)c2cccc3c(NC(=O)c4ccc(S(C)(=O)=O)cc4)ccc1c23. The van der Waals surface area contributed by atoms with Crippen LogP contribution in [0.5, 0.6) is 0 Å². The Morgan fingerprint density at radius 1 is 1.03 bits per heavy atom. The number of carbonyl (C=O) groups excluding carboxylic acids is 2. The highest BCUT2D eigenvalue weighted by molar-refractivity contribution is 7.90. The van der Waals surface area contributed by atoms with Crippen molar-refractivity contribution in [3.63, 3.8) is 0 Å². The number of rotatable bonds is 6. The van der Waals surface area contributed by atoms with Crippen LogP contribution in [0.1, 0.15) is 40.5 Å². The molecule has 0 atom stereocenters. The summed E-state index contributed by atoms with van der Waals surface area (Å²) in [5.74, 6) is -0.355. The molecule has 6 nitrogen and oxygen atoms in total. The van der Waals surface area contributed by atoms with E-state index in [0.29, 0.717) is 23.4 Å². The van der Waals surface area contributed by atoms with Crippen molar-refractivity contribution in [3.8, 4) is 0 Å². The highest BCUT2D eigenvalue weighted by atomic mass is 32.2. The smallest absolute Gasteiger partial charge is 0.258 e. The molecule has 0 saturated heterocycles. The fraction of sp³-hybridized carbons (Fsp3) is 0.217. The first-order valence-electron chi connectivity index (χ1n) is 9.80. The van der Waals surface area contributed by atoms with Gasteiger partial charge in [0.1, 0.15) is 0 Å². The number of hydrogen-bond acceptors (Lipinski definition) is 4. The van der Waals surface area contributed by atoms with Crippen molar-refractivity contribution in [3.05, 3.63) is 65.7 Å². The lowest BCUT2D eigenvalue weighted by molar-refractivity contribution is 0.0991. The Kier molecular flexibility index (Phi) is 5.07.